The van der Waals surface area contributed by atoms with Crippen molar-refractivity contribution in [1.29, 1.82) is 0 Å². The Bertz CT molecular complexity index is 505. The van der Waals surface area contributed by atoms with Crippen molar-refractivity contribution < 1.29 is 14.1 Å². The third-order valence-electron chi connectivity index (χ3n) is 3.07. The monoisotopic (exact) mass is 296 g/mol. The van der Waals surface area contributed by atoms with Crippen LogP contribution >= 0.6 is 0 Å². The summed E-state index contributed by atoms with van der Waals surface area (Å²) in [5.74, 6) is 0.669. The summed E-state index contributed by atoms with van der Waals surface area (Å²) in [6.07, 6.45) is 0. The van der Waals surface area contributed by atoms with E-state index in [0.29, 0.717) is 18.1 Å². The van der Waals surface area contributed by atoms with Gasteiger partial charge in [-0.05, 0) is 0 Å². The van der Waals surface area contributed by atoms with E-state index in [9.17, 15) is 9.59 Å². The molecule has 0 aliphatic heterocycles. The van der Waals surface area contributed by atoms with E-state index in [1.165, 1.54) is 4.90 Å². The highest BCUT2D eigenvalue weighted by atomic mass is 16.5. The molecule has 0 saturated carbocycles. The molecule has 0 aliphatic rings. The second kappa shape index (κ2) is 6.60. The number of anilines is 1. The van der Waals surface area contributed by atoms with E-state index >= 15 is 0 Å². The van der Waals surface area contributed by atoms with Crippen molar-refractivity contribution in [3.05, 3.63) is 11.8 Å². The Balaban J connectivity index is 2.60. The molecule has 0 aromatic carbocycles. The Hall–Kier alpha value is -2.05. The lowest BCUT2D eigenvalue weighted by Crippen LogP contribution is -2.39. The Morgan fingerprint density at radius 1 is 1.43 bits per heavy atom. The third kappa shape index (κ3) is 4.77. The van der Waals surface area contributed by atoms with Crippen molar-refractivity contribution in [2.24, 2.45) is 5.92 Å². The summed E-state index contributed by atoms with van der Waals surface area (Å²) in [5, 5.41) is 9.02. The second-order valence-electron chi connectivity index (χ2n) is 6.15. The number of hydrogen-bond acceptors (Lipinski definition) is 4. The maximum Gasteiger partial charge on any atom is 0.322 e. The van der Waals surface area contributed by atoms with Gasteiger partial charge in [0.25, 0.3) is 0 Å². The van der Waals surface area contributed by atoms with Crippen LogP contribution in [0.3, 0.4) is 0 Å². The molecule has 3 amide bonds. The van der Waals surface area contributed by atoms with Gasteiger partial charge in [0, 0.05) is 32.1 Å². The molecule has 0 bridgehead atoms. The molecule has 0 radical (unpaired) electrons. The first kappa shape index (κ1) is 17.0. The predicted octanol–water partition coefficient (Wildman–Crippen LogP) is 1.82. The normalized spacial score (nSPS) is 12.7. The molecule has 0 fully saturated rings. The summed E-state index contributed by atoms with van der Waals surface area (Å²) >= 11 is 0. The summed E-state index contributed by atoms with van der Waals surface area (Å²) < 4.78 is 5.20. The van der Waals surface area contributed by atoms with Crippen LogP contribution in [0.15, 0.2) is 10.6 Å². The number of aromatic nitrogens is 1. The molecule has 21 heavy (non-hydrogen) atoms. The number of hydrogen-bond donors (Lipinski definition) is 2. The van der Waals surface area contributed by atoms with Gasteiger partial charge in [0.15, 0.2) is 5.82 Å². The van der Waals surface area contributed by atoms with Crippen molar-refractivity contribution >= 4 is 17.8 Å². The van der Waals surface area contributed by atoms with Crippen LogP contribution in [0.5, 0.6) is 0 Å². The van der Waals surface area contributed by atoms with Crippen LogP contribution in [0, 0.1) is 5.92 Å². The lowest BCUT2D eigenvalue weighted by Gasteiger charge is -2.20. The summed E-state index contributed by atoms with van der Waals surface area (Å²) in [5.41, 5.74) is -0.171. The minimum Gasteiger partial charge on any atom is -0.359 e. The Morgan fingerprint density at radius 2 is 2.05 bits per heavy atom. The van der Waals surface area contributed by atoms with E-state index in [2.05, 4.69) is 15.8 Å². The number of carbonyl (C=O) groups excluding carboxylic acids is 2. The minimum absolute atomic E-state index is 0.105. The molecule has 0 spiro atoms. The molecule has 1 heterocycles. The van der Waals surface area contributed by atoms with Crippen molar-refractivity contribution in [3.8, 4) is 0 Å². The smallest absolute Gasteiger partial charge is 0.322 e. The molecule has 1 atom stereocenters. The van der Waals surface area contributed by atoms with E-state index in [1.54, 1.807) is 27.1 Å². The number of urea groups is 1. The van der Waals surface area contributed by atoms with Crippen molar-refractivity contribution in [2.75, 3.05) is 26.0 Å². The van der Waals surface area contributed by atoms with Gasteiger partial charge in [0.1, 0.15) is 5.76 Å². The quantitative estimate of drug-likeness (QED) is 0.887. The van der Waals surface area contributed by atoms with Gasteiger partial charge in [0.05, 0.1) is 5.92 Å². The van der Waals surface area contributed by atoms with Crippen LogP contribution < -0.4 is 10.6 Å². The first-order chi connectivity index (χ1) is 9.65. The number of nitrogens with zero attached hydrogens (tertiary/aromatic N) is 2. The highest BCUT2D eigenvalue weighted by Gasteiger charge is 2.22. The zero-order chi connectivity index (χ0) is 16.2. The maximum atomic E-state index is 12.0. The van der Waals surface area contributed by atoms with Crippen LogP contribution in [-0.2, 0) is 10.2 Å². The van der Waals surface area contributed by atoms with Crippen LogP contribution in [0.1, 0.15) is 33.5 Å². The summed E-state index contributed by atoms with van der Waals surface area (Å²) in [6, 6.07) is 1.37. The molecule has 0 saturated heterocycles. The van der Waals surface area contributed by atoms with Gasteiger partial charge in [-0.15, -0.1) is 0 Å². The molecular weight excluding hydrogens is 272 g/mol. The highest BCUT2D eigenvalue weighted by Crippen LogP contribution is 2.24. The van der Waals surface area contributed by atoms with Gasteiger partial charge < -0.3 is 14.7 Å². The van der Waals surface area contributed by atoms with E-state index in [0.717, 1.165) is 0 Å². The molecule has 1 rings (SSSR count). The molecule has 1 unspecified atom stereocenters. The summed E-state index contributed by atoms with van der Waals surface area (Å²) in [6.45, 7) is 8.06. The molecule has 2 N–H and O–H groups in total. The Kier molecular flexibility index (Phi) is 5.34. The molecule has 7 nitrogen and oxygen atoms in total. The fourth-order valence-electron chi connectivity index (χ4n) is 1.72. The predicted molar refractivity (Wildman–Crippen MR) is 80.1 cm³/mol. The van der Waals surface area contributed by atoms with Gasteiger partial charge in [0.2, 0.25) is 5.91 Å². The first-order valence-electron chi connectivity index (χ1n) is 6.86. The van der Waals surface area contributed by atoms with Gasteiger partial charge in [-0.1, -0.05) is 32.9 Å². The van der Waals surface area contributed by atoms with Gasteiger partial charge >= 0.3 is 6.03 Å². The van der Waals surface area contributed by atoms with E-state index < -0.39 is 0 Å². The standard InChI is InChI=1S/C14H24N4O3/c1-9(12(19)15-5)8-18(6)13(20)16-11-7-10(21-17-11)14(2,3)4/h7,9H,8H2,1-6H3,(H,15,19)(H,16,17,20). The second-order valence-corrected chi connectivity index (χ2v) is 6.15. The zero-order valence-electron chi connectivity index (χ0n) is 13.5. The molecule has 0 aliphatic carbocycles. The SMILES string of the molecule is CNC(=O)C(C)CN(C)C(=O)Nc1cc(C(C)(C)C)on1. The summed E-state index contributed by atoms with van der Waals surface area (Å²) in [7, 11) is 3.20. The van der Waals surface area contributed by atoms with E-state index in [-0.39, 0.29) is 23.3 Å². The Morgan fingerprint density at radius 3 is 2.52 bits per heavy atom. The fourth-order valence-corrected chi connectivity index (χ4v) is 1.72. The van der Waals surface area contributed by atoms with Crippen molar-refractivity contribution in [3.63, 3.8) is 0 Å². The van der Waals surface area contributed by atoms with Gasteiger partial charge in [-0.2, -0.15) is 0 Å². The lowest BCUT2D eigenvalue weighted by atomic mass is 9.93. The number of carbonyl (C=O) groups is 2. The van der Waals surface area contributed by atoms with Crippen LogP contribution in [0.2, 0.25) is 0 Å². The largest absolute Gasteiger partial charge is 0.359 e. The number of nitrogens with one attached hydrogen (secondary N) is 2. The molecular formula is C14H24N4O3. The van der Waals surface area contributed by atoms with Crippen molar-refractivity contribution in [1.82, 2.24) is 15.4 Å². The van der Waals surface area contributed by atoms with E-state index in [4.69, 9.17) is 4.52 Å². The number of amides is 3. The molecule has 1 aromatic heterocycles. The summed E-state index contributed by atoms with van der Waals surface area (Å²) in [4.78, 5) is 24.9. The average Bonchev–Trinajstić information content (AvgIpc) is 2.85. The molecule has 7 heteroatoms. The average molecular weight is 296 g/mol. The van der Waals surface area contributed by atoms with Gasteiger partial charge in [-0.25, -0.2) is 4.79 Å². The fraction of sp³-hybridized carbons (Fsp3) is 0.643. The lowest BCUT2D eigenvalue weighted by molar-refractivity contribution is -0.124. The highest BCUT2D eigenvalue weighted by molar-refractivity contribution is 5.88. The van der Waals surface area contributed by atoms with Crippen molar-refractivity contribution in [2.45, 2.75) is 33.1 Å². The Labute approximate surface area is 125 Å². The molecule has 118 valence electrons. The zero-order valence-corrected chi connectivity index (χ0v) is 13.5. The maximum absolute atomic E-state index is 12.0. The molecule has 1 aromatic rings. The minimum atomic E-state index is -0.334. The topological polar surface area (TPSA) is 87.5 Å². The first-order valence-corrected chi connectivity index (χ1v) is 6.86. The third-order valence-corrected chi connectivity index (χ3v) is 3.07. The van der Waals surface area contributed by atoms with Crippen LogP contribution in [0.25, 0.3) is 0 Å². The van der Waals surface area contributed by atoms with Gasteiger partial charge in [-0.3, -0.25) is 10.1 Å². The van der Waals surface area contributed by atoms with E-state index in [1.807, 2.05) is 20.8 Å². The van der Waals surface area contributed by atoms with Crippen LogP contribution in [0.4, 0.5) is 10.6 Å². The number of rotatable bonds is 4. The van der Waals surface area contributed by atoms with Crippen LogP contribution in [-0.4, -0.2) is 42.6 Å².